The van der Waals surface area contributed by atoms with Gasteiger partial charge >= 0.3 is 6.03 Å². The number of imide groups is 1. The third kappa shape index (κ3) is 21.8. The van der Waals surface area contributed by atoms with Gasteiger partial charge in [-0.3, -0.25) is 43.5 Å². The normalized spacial score (nSPS) is 17.4. The molecule has 1 unspecified atom stereocenters. The second-order valence-electron chi connectivity index (χ2n) is 21.6. The lowest BCUT2D eigenvalue weighted by atomic mass is 9.83. The van der Waals surface area contributed by atoms with Crippen LogP contribution in [-0.4, -0.2) is 180 Å². The zero-order valence-corrected chi connectivity index (χ0v) is 48.4. The number of sulfonamides is 1. The molecule has 24 heteroatoms. The molecule has 2 aliphatic heterocycles. The van der Waals surface area contributed by atoms with Crippen molar-refractivity contribution < 1.29 is 61.0 Å². The van der Waals surface area contributed by atoms with Crippen molar-refractivity contribution in [3.8, 4) is 0 Å². The summed E-state index contributed by atoms with van der Waals surface area (Å²) in [6.45, 7) is 20.9. The van der Waals surface area contributed by atoms with Crippen LogP contribution in [0.5, 0.6) is 0 Å². The van der Waals surface area contributed by atoms with Gasteiger partial charge in [0, 0.05) is 66.5 Å². The van der Waals surface area contributed by atoms with Gasteiger partial charge in [-0.15, -0.1) is 0 Å². The smallest absolute Gasteiger partial charge is 0.312 e. The zero-order valence-electron chi connectivity index (χ0n) is 47.6. The maximum atomic E-state index is 13.5. The van der Waals surface area contributed by atoms with Crippen LogP contribution in [0.2, 0.25) is 0 Å². The van der Waals surface area contributed by atoms with Gasteiger partial charge in [0.05, 0.1) is 56.6 Å². The summed E-state index contributed by atoms with van der Waals surface area (Å²) in [6.07, 6.45) is 7.65. The first-order valence-electron chi connectivity index (χ1n) is 26.9. The molecule has 0 aromatic heterocycles. The monoisotopic (exact) mass is 1120 g/mol. The minimum atomic E-state index is -4.37. The lowest BCUT2D eigenvalue weighted by Gasteiger charge is -2.41. The molecule has 1 aromatic carbocycles. The highest BCUT2D eigenvalue weighted by atomic mass is 32.2. The van der Waals surface area contributed by atoms with E-state index in [4.69, 9.17) is 19.9 Å². The van der Waals surface area contributed by atoms with E-state index in [1.165, 1.54) is 31.2 Å². The molecule has 0 spiro atoms. The number of carbonyl (C=O) groups excluding carboxylic acids is 8. The van der Waals surface area contributed by atoms with Crippen LogP contribution in [-0.2, 0) is 57.8 Å². The van der Waals surface area contributed by atoms with Crippen molar-refractivity contribution in [2.24, 2.45) is 23.0 Å². The topological polar surface area (TPSA) is 306 Å². The molecular formula is C54H88N10O13S. The lowest BCUT2D eigenvalue weighted by molar-refractivity contribution is -0.140. The Kier molecular flexibility index (Phi) is 27.6. The zero-order chi connectivity index (χ0) is 58.3. The molecule has 1 aromatic rings. The van der Waals surface area contributed by atoms with Gasteiger partial charge in [0.1, 0.15) is 18.5 Å². The summed E-state index contributed by atoms with van der Waals surface area (Å²) in [5.74, 6) is -3.03. The minimum absolute atomic E-state index is 0.0185. The number of carbonyl (C=O) groups is 8. The van der Waals surface area contributed by atoms with Crippen molar-refractivity contribution >= 4 is 63.5 Å². The molecule has 6 atom stereocenters. The maximum Gasteiger partial charge on any atom is 0.312 e. The van der Waals surface area contributed by atoms with E-state index < -0.39 is 57.4 Å². The van der Waals surface area contributed by atoms with E-state index in [1.54, 1.807) is 6.08 Å². The molecule has 23 nitrogen and oxygen atoms in total. The minimum Gasteiger partial charge on any atom is -0.379 e. The van der Waals surface area contributed by atoms with E-state index in [1.807, 2.05) is 60.4 Å². The number of benzene rings is 1. The van der Waals surface area contributed by atoms with Crippen molar-refractivity contribution in [2.45, 2.75) is 155 Å². The number of ether oxygens (including phenoxy) is 3. The number of amides is 8. The predicted octanol–water partition coefficient (Wildman–Crippen LogP) is 2.56. The van der Waals surface area contributed by atoms with E-state index >= 15 is 0 Å². The fourth-order valence-electron chi connectivity index (χ4n) is 9.21. The molecular weight excluding hydrogens is 1030 g/mol. The van der Waals surface area contributed by atoms with Gasteiger partial charge in [-0.1, -0.05) is 54.0 Å². The largest absolute Gasteiger partial charge is 0.379 e. The molecule has 3 rings (SSSR count). The molecule has 0 aliphatic carbocycles. The average molecular weight is 1120 g/mol. The molecule has 1 fully saturated rings. The number of hydrogen-bond acceptors (Lipinski definition) is 16. The van der Waals surface area contributed by atoms with Crippen molar-refractivity contribution in [3.05, 3.63) is 48.1 Å². The number of hydrogen-bond donors (Lipinski definition) is 7. The number of primary amides is 1. The number of aldehydes is 1. The Morgan fingerprint density at radius 2 is 1.47 bits per heavy atom. The second-order valence-corrected chi connectivity index (χ2v) is 23.3. The highest BCUT2D eigenvalue weighted by molar-refractivity contribution is 7.90. The Balaban J connectivity index is 1.49. The molecule has 0 saturated carbocycles. The summed E-state index contributed by atoms with van der Waals surface area (Å²) < 4.78 is 46.1. The SMILES string of the molecule is C/C(=C\[C@H](C(C)C)N(C)CC(C)(C)[C@@H](C=O)NC(=O)[C@H]1CCCCN1C(C)C)C(=O)NS(=O)(=O)c1ccc(NC(COCCOCCOCCC(=O)N[C@H](C(=O)N[C@@H](C)CCCNC(N)=O)C(C)C)N2C(=O)C=CC2=O)cc1. The van der Waals surface area contributed by atoms with Gasteiger partial charge in [-0.2, -0.15) is 0 Å². The summed E-state index contributed by atoms with van der Waals surface area (Å²) in [5, 5.41) is 14.2. The Bertz CT molecular complexity index is 2330. The van der Waals surface area contributed by atoms with Crippen molar-refractivity contribution in [1.29, 1.82) is 0 Å². The van der Waals surface area contributed by atoms with E-state index in [-0.39, 0.29) is 110 Å². The summed E-state index contributed by atoms with van der Waals surface area (Å²) in [4.78, 5) is 106. The number of urea groups is 1. The molecule has 0 bridgehead atoms. The average Bonchev–Trinajstić information content (AvgIpc) is 3.70. The number of piperidine rings is 1. The quantitative estimate of drug-likeness (QED) is 0.0222. The van der Waals surface area contributed by atoms with Gasteiger partial charge < -0.3 is 51.3 Å². The molecule has 2 aliphatic rings. The van der Waals surface area contributed by atoms with Crippen molar-refractivity contribution in [1.82, 2.24) is 40.7 Å². The Labute approximate surface area is 461 Å². The van der Waals surface area contributed by atoms with Crippen LogP contribution in [0.15, 0.2) is 53.0 Å². The third-order valence-corrected chi connectivity index (χ3v) is 14.9. The first-order chi connectivity index (χ1) is 36.7. The highest BCUT2D eigenvalue weighted by Gasteiger charge is 2.38. The summed E-state index contributed by atoms with van der Waals surface area (Å²) >= 11 is 0. The van der Waals surface area contributed by atoms with Gasteiger partial charge in [-0.05, 0) is 103 Å². The molecule has 78 heavy (non-hydrogen) atoms. The Hall–Kier alpha value is -5.79. The fraction of sp³-hybridized carbons (Fsp3) is 0.667. The fourth-order valence-corrected chi connectivity index (χ4v) is 10.2. The second kappa shape index (κ2) is 32.3. The number of rotatable bonds is 35. The molecule has 2 heterocycles. The number of likely N-dealkylation sites (tertiary alicyclic amines) is 1. The molecule has 0 radical (unpaired) electrons. The first-order valence-corrected chi connectivity index (χ1v) is 28.4. The van der Waals surface area contributed by atoms with E-state index in [0.29, 0.717) is 31.6 Å². The van der Waals surface area contributed by atoms with Crippen LogP contribution >= 0.6 is 0 Å². The van der Waals surface area contributed by atoms with E-state index in [0.717, 1.165) is 49.1 Å². The highest BCUT2D eigenvalue weighted by Crippen LogP contribution is 2.27. The predicted molar refractivity (Wildman–Crippen MR) is 295 cm³/mol. The van der Waals surface area contributed by atoms with Crippen molar-refractivity contribution in [3.63, 3.8) is 0 Å². The maximum absolute atomic E-state index is 13.5. The van der Waals surface area contributed by atoms with Crippen LogP contribution in [0.1, 0.15) is 108 Å². The summed E-state index contributed by atoms with van der Waals surface area (Å²) in [5.41, 5.74) is 4.85. The molecule has 1 saturated heterocycles. The van der Waals surface area contributed by atoms with Gasteiger partial charge in [0.15, 0.2) is 0 Å². The number of nitrogens with zero attached hydrogens (tertiary/aromatic N) is 3. The molecule has 8 N–H and O–H groups in total. The molecule has 8 amide bonds. The lowest BCUT2D eigenvalue weighted by Crippen LogP contribution is -2.58. The number of nitrogens with one attached hydrogen (secondary N) is 6. The first kappa shape index (κ1) is 66.5. The summed E-state index contributed by atoms with van der Waals surface area (Å²) in [6, 6.07) is 2.59. The standard InChI is InChI=1S/C54H88N10O13S/c1-35(2)43(62(11)34-54(9,10)44(32-65)59-51(70)42-16-12-13-25-63(42)37(5)6)31-38(7)50(69)61-78(73,74)41-19-17-40(18-20-41)58-45(64-47(67)21-22-48(64)68)33-77-30-29-76-28-27-75-26-23-46(66)60-49(36(3)4)52(71)57-39(8)15-14-24-56-53(55)72/h17-22,31-32,35-37,39,42-45,49,58H,12-16,23-30,33-34H2,1-11H3,(H,57,71)(H,59,70)(H,60,66)(H,61,69)(H3,55,56,72)/b38-31+/t39-,42+,43+,44+,45?,49-/m0/s1. The van der Waals surface area contributed by atoms with Crippen LogP contribution in [0, 0.1) is 17.3 Å². The van der Waals surface area contributed by atoms with E-state index in [2.05, 4.69) is 50.1 Å². The van der Waals surface area contributed by atoms with Crippen LogP contribution in [0.3, 0.4) is 0 Å². The Morgan fingerprint density at radius 1 is 0.859 bits per heavy atom. The summed E-state index contributed by atoms with van der Waals surface area (Å²) in [7, 11) is -2.51. The van der Waals surface area contributed by atoms with Crippen LogP contribution < -0.4 is 37.0 Å². The number of likely N-dealkylation sites (N-methyl/N-ethyl adjacent to an activating group) is 1. The number of anilines is 1. The van der Waals surface area contributed by atoms with Gasteiger partial charge in [0.25, 0.3) is 27.7 Å². The van der Waals surface area contributed by atoms with E-state index in [9.17, 15) is 46.8 Å². The van der Waals surface area contributed by atoms with Gasteiger partial charge in [-0.25, -0.2) is 17.9 Å². The number of nitrogens with two attached hydrogens (primary N) is 1. The Morgan fingerprint density at radius 3 is 2.05 bits per heavy atom. The van der Waals surface area contributed by atoms with Crippen LogP contribution in [0.4, 0.5) is 10.5 Å². The third-order valence-electron chi connectivity index (χ3n) is 13.6. The van der Waals surface area contributed by atoms with Crippen molar-refractivity contribution in [2.75, 3.05) is 71.6 Å². The van der Waals surface area contributed by atoms with Crippen LogP contribution in [0.25, 0.3) is 0 Å². The molecule has 438 valence electrons. The van der Waals surface area contributed by atoms with Gasteiger partial charge in [0.2, 0.25) is 17.7 Å².